The molecule has 3 aliphatic rings. The summed E-state index contributed by atoms with van der Waals surface area (Å²) >= 11 is 0. The maximum Gasteiger partial charge on any atom is 0.230 e. The molecule has 0 radical (unpaired) electrons. The van der Waals surface area contributed by atoms with Gasteiger partial charge in [-0.15, -0.1) is 0 Å². The Hall–Kier alpha value is -2.79. The molecule has 1 aromatic carbocycles. The van der Waals surface area contributed by atoms with Crippen LogP contribution in [-0.4, -0.2) is 65.9 Å². The number of fused-ring (bicyclic) bond motifs is 3. The van der Waals surface area contributed by atoms with Gasteiger partial charge >= 0.3 is 0 Å². The van der Waals surface area contributed by atoms with Crippen molar-refractivity contribution in [3.05, 3.63) is 40.7 Å². The van der Waals surface area contributed by atoms with E-state index >= 15 is 0 Å². The van der Waals surface area contributed by atoms with Gasteiger partial charge in [-0.05, 0) is 24.5 Å². The van der Waals surface area contributed by atoms with E-state index in [1.54, 1.807) is 0 Å². The van der Waals surface area contributed by atoms with Gasteiger partial charge in [-0.3, -0.25) is 14.4 Å². The number of aromatic hydroxyl groups is 1. The highest BCUT2D eigenvalue weighted by Crippen LogP contribution is 2.57. The smallest absolute Gasteiger partial charge is 0.230 e. The summed E-state index contributed by atoms with van der Waals surface area (Å²) in [6.07, 6.45) is -3.45. The first-order valence-corrected chi connectivity index (χ1v) is 9.74. The van der Waals surface area contributed by atoms with Crippen LogP contribution in [0.3, 0.4) is 0 Å². The number of ketones is 2. The molecule has 10 heteroatoms. The predicted octanol–water partition coefficient (Wildman–Crippen LogP) is -1.37. The van der Waals surface area contributed by atoms with E-state index in [1.165, 1.54) is 32.0 Å². The van der Waals surface area contributed by atoms with Gasteiger partial charge in [-0.25, -0.2) is 0 Å². The number of benzene rings is 1. The van der Waals surface area contributed by atoms with Gasteiger partial charge in [-0.1, -0.05) is 19.1 Å². The number of carbonyl (C=O) groups excluding carboxylic acids is 3. The molecule has 0 heterocycles. The summed E-state index contributed by atoms with van der Waals surface area (Å²) < 4.78 is 0. The van der Waals surface area contributed by atoms with Gasteiger partial charge in [0.15, 0.2) is 17.2 Å². The zero-order valence-electron chi connectivity index (χ0n) is 16.7. The lowest BCUT2D eigenvalue weighted by atomic mass is 9.51. The highest BCUT2D eigenvalue weighted by atomic mass is 16.4. The van der Waals surface area contributed by atoms with Crippen molar-refractivity contribution in [1.82, 2.24) is 0 Å². The van der Waals surface area contributed by atoms with Crippen molar-refractivity contribution in [3.8, 4) is 5.75 Å². The second-order valence-corrected chi connectivity index (χ2v) is 8.79. The molecule has 10 nitrogen and oxygen atoms in total. The first kappa shape index (κ1) is 21.4. The number of amides is 1. The van der Waals surface area contributed by atoms with E-state index in [4.69, 9.17) is 5.73 Å². The first-order valence-electron chi connectivity index (χ1n) is 9.74. The van der Waals surface area contributed by atoms with E-state index in [1.807, 2.05) is 0 Å². The minimum Gasteiger partial charge on any atom is -0.508 e. The van der Waals surface area contributed by atoms with Crippen LogP contribution in [0.5, 0.6) is 5.75 Å². The lowest BCUT2D eigenvalue weighted by Crippen LogP contribution is -2.71. The number of phenolic OH excluding ortho intramolecular Hbond substituents is 1. The van der Waals surface area contributed by atoms with Crippen molar-refractivity contribution in [1.29, 1.82) is 0 Å². The molecule has 4 rings (SSSR count). The van der Waals surface area contributed by atoms with Crippen LogP contribution in [0.4, 0.5) is 0 Å². The fourth-order valence-electron chi connectivity index (χ4n) is 5.68. The molecule has 0 bridgehead atoms. The van der Waals surface area contributed by atoms with Crippen molar-refractivity contribution in [2.24, 2.45) is 29.4 Å². The number of primary amides is 1. The van der Waals surface area contributed by atoms with E-state index in [9.17, 15) is 45.0 Å². The van der Waals surface area contributed by atoms with Crippen molar-refractivity contribution >= 4 is 17.5 Å². The third-order valence-electron chi connectivity index (χ3n) is 7.20. The van der Waals surface area contributed by atoms with E-state index in [2.05, 4.69) is 0 Å². The number of aliphatic hydroxyl groups is 5. The van der Waals surface area contributed by atoms with Gasteiger partial charge in [0, 0.05) is 5.92 Å². The average Bonchev–Trinajstić information content (AvgIpc) is 2.67. The molecule has 1 amide bonds. The first-order chi connectivity index (χ1) is 14.3. The van der Waals surface area contributed by atoms with Crippen LogP contribution in [0, 0.1) is 23.7 Å². The number of aliphatic hydroxyl groups excluding tert-OH is 3. The number of hydrogen-bond acceptors (Lipinski definition) is 9. The van der Waals surface area contributed by atoms with Crippen molar-refractivity contribution in [3.63, 3.8) is 0 Å². The molecule has 0 aliphatic heterocycles. The SMILES string of the molecule is CC1C(O)C(C(N)=O)C(=O)C2(O)C(O)=C3C(=O)c4c(O)cccc4C(C)(O)C3C(O)C12. The molecule has 8 atom stereocenters. The van der Waals surface area contributed by atoms with E-state index in [-0.39, 0.29) is 11.1 Å². The van der Waals surface area contributed by atoms with Crippen molar-refractivity contribution < 1.29 is 45.0 Å². The zero-order chi connectivity index (χ0) is 23.2. The second kappa shape index (κ2) is 6.36. The summed E-state index contributed by atoms with van der Waals surface area (Å²) in [5.74, 6) is -11.3. The molecule has 31 heavy (non-hydrogen) atoms. The second-order valence-electron chi connectivity index (χ2n) is 8.79. The molecular formula is C21H23NO9. The lowest BCUT2D eigenvalue weighted by Gasteiger charge is -2.56. The Balaban J connectivity index is 2.05. The zero-order valence-corrected chi connectivity index (χ0v) is 16.7. The van der Waals surface area contributed by atoms with Crippen LogP contribution in [0.2, 0.25) is 0 Å². The van der Waals surface area contributed by atoms with Gasteiger partial charge in [0.05, 0.1) is 34.9 Å². The molecule has 0 saturated heterocycles. The van der Waals surface area contributed by atoms with Gasteiger partial charge < -0.3 is 36.4 Å². The summed E-state index contributed by atoms with van der Waals surface area (Å²) in [5.41, 5.74) is -0.678. The molecule has 0 aromatic heterocycles. The standard InChI is InChI=1S/C21H23NO9/c1-6-12-16(26)13-10(15(25)9-7(20(13,2)30)4-3-5-8(9)23)17(27)21(12,31)18(28)11(14(6)24)19(22)29/h3-6,11-14,16,23-24,26-27,30-31H,1-2H3,(H2,22,29). The van der Waals surface area contributed by atoms with E-state index in [0.29, 0.717) is 0 Å². The fourth-order valence-corrected chi connectivity index (χ4v) is 5.68. The summed E-state index contributed by atoms with van der Waals surface area (Å²) in [4.78, 5) is 38.1. The maximum absolute atomic E-state index is 13.2. The number of carbonyl (C=O) groups is 3. The lowest BCUT2D eigenvalue weighted by molar-refractivity contribution is -0.200. The minimum atomic E-state index is -2.91. The Morgan fingerprint density at radius 1 is 1.10 bits per heavy atom. The molecule has 166 valence electrons. The quantitative estimate of drug-likeness (QED) is 0.261. The highest BCUT2D eigenvalue weighted by Gasteiger charge is 2.69. The Bertz CT molecular complexity index is 1060. The van der Waals surface area contributed by atoms with Crippen LogP contribution < -0.4 is 5.73 Å². The molecule has 0 spiro atoms. The molecule has 8 unspecified atom stereocenters. The number of hydrogen-bond donors (Lipinski definition) is 7. The van der Waals surface area contributed by atoms with E-state index in [0.717, 1.165) is 0 Å². The third kappa shape index (κ3) is 2.38. The van der Waals surface area contributed by atoms with Crippen molar-refractivity contribution in [2.75, 3.05) is 0 Å². The molecular weight excluding hydrogens is 410 g/mol. The van der Waals surface area contributed by atoms with E-state index < -0.39 is 81.6 Å². The number of rotatable bonds is 1. The molecule has 3 aliphatic carbocycles. The maximum atomic E-state index is 13.2. The molecule has 1 fully saturated rings. The van der Waals surface area contributed by atoms with Gasteiger partial charge in [0.1, 0.15) is 17.4 Å². The summed E-state index contributed by atoms with van der Waals surface area (Å²) in [6, 6.07) is 3.96. The molecule has 8 N–H and O–H groups in total. The molecule has 1 saturated carbocycles. The number of phenols is 1. The Morgan fingerprint density at radius 3 is 2.29 bits per heavy atom. The molecule has 1 aromatic rings. The Labute approximate surface area is 176 Å². The van der Waals surface area contributed by atoms with Gasteiger partial charge in [-0.2, -0.15) is 0 Å². The normalized spacial score (nSPS) is 42.0. The van der Waals surface area contributed by atoms with Crippen LogP contribution in [-0.2, 0) is 15.2 Å². The minimum absolute atomic E-state index is 0.00566. The topological polar surface area (TPSA) is 199 Å². The fraction of sp³-hybridized carbons (Fsp3) is 0.476. The van der Waals surface area contributed by atoms with Crippen LogP contribution in [0.1, 0.15) is 29.8 Å². The summed E-state index contributed by atoms with van der Waals surface area (Å²) in [6.45, 7) is 2.62. The van der Waals surface area contributed by atoms with Gasteiger partial charge in [0.25, 0.3) is 0 Å². The Morgan fingerprint density at radius 2 is 1.71 bits per heavy atom. The summed E-state index contributed by atoms with van der Waals surface area (Å²) in [5, 5.41) is 65.6. The average molecular weight is 433 g/mol. The van der Waals surface area contributed by atoms with Crippen LogP contribution >= 0.6 is 0 Å². The largest absolute Gasteiger partial charge is 0.508 e. The van der Waals surface area contributed by atoms with Crippen molar-refractivity contribution in [2.45, 2.75) is 37.3 Å². The number of Topliss-reactive ketones (excluding diaryl/α,β-unsaturated/α-hetero) is 2. The highest BCUT2D eigenvalue weighted by molar-refractivity contribution is 6.16. The van der Waals surface area contributed by atoms with Crippen LogP contribution in [0.25, 0.3) is 0 Å². The Kier molecular flexibility index (Phi) is 4.40. The summed E-state index contributed by atoms with van der Waals surface area (Å²) in [7, 11) is 0. The monoisotopic (exact) mass is 433 g/mol. The van der Waals surface area contributed by atoms with Gasteiger partial charge in [0.2, 0.25) is 5.91 Å². The van der Waals surface area contributed by atoms with Crippen LogP contribution in [0.15, 0.2) is 29.5 Å². The number of nitrogens with two attached hydrogens (primary N) is 1. The predicted molar refractivity (Wildman–Crippen MR) is 102 cm³/mol. The third-order valence-corrected chi connectivity index (χ3v) is 7.20.